The molecule has 0 aromatic heterocycles. The second-order valence-corrected chi connectivity index (χ2v) is 9.74. The number of anilines is 1. The Balaban J connectivity index is 1.82. The highest BCUT2D eigenvalue weighted by Gasteiger charge is 2.30. The van der Waals surface area contributed by atoms with Gasteiger partial charge in [-0.05, 0) is 60.5 Å². The Bertz CT molecular complexity index is 1330. The molecule has 1 amide bonds. The van der Waals surface area contributed by atoms with Gasteiger partial charge in [0.1, 0.15) is 0 Å². The maximum Gasteiger partial charge on any atom is 0.264 e. The molecule has 0 N–H and O–H groups in total. The smallest absolute Gasteiger partial charge is 0.264 e. The molecule has 162 valence electrons. The summed E-state index contributed by atoms with van der Waals surface area (Å²) >= 11 is 5.99. The van der Waals surface area contributed by atoms with Gasteiger partial charge in [-0.2, -0.15) is 5.26 Å². The van der Waals surface area contributed by atoms with Gasteiger partial charge in [0.15, 0.2) is 0 Å². The van der Waals surface area contributed by atoms with Gasteiger partial charge in [0, 0.05) is 23.7 Å². The molecule has 32 heavy (non-hydrogen) atoms. The number of halogens is 1. The monoisotopic (exact) mass is 465 g/mol. The van der Waals surface area contributed by atoms with E-state index in [9.17, 15) is 18.5 Å². The van der Waals surface area contributed by atoms with Gasteiger partial charge in [0.05, 0.1) is 28.8 Å². The standard InChI is InChI=1S/C24H20ClN3O3S/c1-2-27-16-19-8-11-21(13-23(19)24(27)29)28(15-17-6-9-20(25)10-7-17)32(30,31)22-5-3-4-18(12-22)14-26/h3-13H,2,15-16H2,1H3. The highest BCUT2D eigenvalue weighted by atomic mass is 35.5. The molecule has 1 aliphatic heterocycles. The molecule has 0 radical (unpaired) electrons. The van der Waals surface area contributed by atoms with Gasteiger partial charge in [-0.15, -0.1) is 0 Å². The Labute approximate surface area is 192 Å². The minimum Gasteiger partial charge on any atom is -0.335 e. The third-order valence-electron chi connectivity index (χ3n) is 5.43. The Kier molecular flexibility index (Phi) is 5.92. The van der Waals surface area contributed by atoms with E-state index < -0.39 is 10.0 Å². The number of carbonyl (C=O) groups excluding carboxylic acids is 1. The predicted molar refractivity (Wildman–Crippen MR) is 123 cm³/mol. The van der Waals surface area contributed by atoms with E-state index in [2.05, 4.69) is 0 Å². The molecule has 0 saturated carbocycles. The molecule has 0 spiro atoms. The van der Waals surface area contributed by atoms with Gasteiger partial charge in [-0.3, -0.25) is 9.10 Å². The number of carbonyl (C=O) groups is 1. The topological polar surface area (TPSA) is 81.5 Å². The van der Waals surface area contributed by atoms with Crippen molar-refractivity contribution in [3.8, 4) is 6.07 Å². The van der Waals surface area contributed by atoms with E-state index in [-0.39, 0.29) is 22.9 Å². The number of nitriles is 1. The summed E-state index contributed by atoms with van der Waals surface area (Å²) in [5, 5.41) is 9.76. The minimum absolute atomic E-state index is 0.00697. The predicted octanol–water partition coefficient (Wildman–Crippen LogP) is 4.58. The molecular formula is C24H20ClN3O3S. The average molecular weight is 466 g/mol. The van der Waals surface area contributed by atoms with Crippen LogP contribution < -0.4 is 4.31 Å². The fraction of sp³-hybridized carbons (Fsp3) is 0.167. The number of rotatable bonds is 6. The zero-order chi connectivity index (χ0) is 22.9. The van der Waals surface area contributed by atoms with Crippen molar-refractivity contribution in [3.05, 3.63) is 94.0 Å². The summed E-state index contributed by atoms with van der Waals surface area (Å²) in [6.07, 6.45) is 0. The number of fused-ring (bicyclic) bond motifs is 1. The van der Waals surface area contributed by atoms with E-state index in [0.717, 1.165) is 11.1 Å². The van der Waals surface area contributed by atoms with Crippen LogP contribution >= 0.6 is 11.6 Å². The number of amides is 1. The number of benzene rings is 3. The van der Waals surface area contributed by atoms with Crippen molar-refractivity contribution in [1.29, 1.82) is 5.26 Å². The van der Waals surface area contributed by atoms with E-state index in [1.165, 1.54) is 22.5 Å². The van der Waals surface area contributed by atoms with Crippen LogP contribution in [0.25, 0.3) is 0 Å². The van der Waals surface area contributed by atoms with Gasteiger partial charge in [-0.1, -0.05) is 35.9 Å². The Morgan fingerprint density at radius 3 is 2.53 bits per heavy atom. The molecule has 3 aromatic rings. The lowest BCUT2D eigenvalue weighted by atomic mass is 10.1. The molecule has 0 bridgehead atoms. The summed E-state index contributed by atoms with van der Waals surface area (Å²) in [7, 11) is -4.02. The third-order valence-corrected chi connectivity index (χ3v) is 7.45. The molecule has 1 aliphatic rings. The molecule has 8 heteroatoms. The van der Waals surface area contributed by atoms with Gasteiger partial charge >= 0.3 is 0 Å². The third kappa shape index (κ3) is 4.07. The van der Waals surface area contributed by atoms with Crippen molar-refractivity contribution in [3.63, 3.8) is 0 Å². The molecule has 0 unspecified atom stereocenters. The molecule has 0 fully saturated rings. The van der Waals surface area contributed by atoms with Crippen LogP contribution in [-0.4, -0.2) is 25.8 Å². The number of nitrogens with zero attached hydrogens (tertiary/aromatic N) is 3. The van der Waals surface area contributed by atoms with E-state index in [4.69, 9.17) is 11.6 Å². The second kappa shape index (κ2) is 8.65. The van der Waals surface area contributed by atoms with Crippen LogP contribution in [-0.2, 0) is 23.1 Å². The van der Waals surface area contributed by atoms with Crippen LogP contribution in [0.1, 0.15) is 34.0 Å². The normalized spacial score (nSPS) is 13.0. The van der Waals surface area contributed by atoms with E-state index in [1.807, 2.05) is 13.0 Å². The first-order valence-corrected chi connectivity index (χ1v) is 11.8. The molecule has 0 aliphatic carbocycles. The summed E-state index contributed by atoms with van der Waals surface area (Å²) in [6.45, 7) is 3.04. The zero-order valence-corrected chi connectivity index (χ0v) is 18.9. The number of sulfonamides is 1. The van der Waals surface area contributed by atoms with Crippen LogP contribution in [0.15, 0.2) is 71.6 Å². The van der Waals surface area contributed by atoms with Crippen molar-refractivity contribution in [2.24, 2.45) is 0 Å². The van der Waals surface area contributed by atoms with Gasteiger partial charge in [0.25, 0.3) is 15.9 Å². The number of hydrogen-bond donors (Lipinski definition) is 0. The second-order valence-electron chi connectivity index (χ2n) is 7.44. The van der Waals surface area contributed by atoms with Crippen LogP contribution in [0.5, 0.6) is 0 Å². The first-order valence-electron chi connectivity index (χ1n) is 10.0. The summed E-state index contributed by atoms with van der Waals surface area (Å²) < 4.78 is 28.6. The summed E-state index contributed by atoms with van der Waals surface area (Å²) in [5.41, 5.74) is 2.74. The summed E-state index contributed by atoms with van der Waals surface area (Å²) in [5.74, 6) is -0.111. The molecular weight excluding hydrogens is 446 g/mol. The summed E-state index contributed by atoms with van der Waals surface area (Å²) in [6, 6.07) is 19.9. The van der Waals surface area contributed by atoms with E-state index >= 15 is 0 Å². The van der Waals surface area contributed by atoms with Crippen LogP contribution in [0.3, 0.4) is 0 Å². The molecule has 6 nitrogen and oxygen atoms in total. The number of hydrogen-bond acceptors (Lipinski definition) is 4. The Hall–Kier alpha value is -3.34. The van der Waals surface area contributed by atoms with Gasteiger partial charge in [-0.25, -0.2) is 8.42 Å². The largest absolute Gasteiger partial charge is 0.335 e. The van der Waals surface area contributed by atoms with Crippen molar-refractivity contribution in [2.45, 2.75) is 24.9 Å². The van der Waals surface area contributed by atoms with Crippen LogP contribution in [0, 0.1) is 11.3 Å². The molecule has 0 atom stereocenters. The van der Waals surface area contributed by atoms with Gasteiger partial charge in [0.2, 0.25) is 0 Å². The minimum atomic E-state index is -4.02. The van der Waals surface area contributed by atoms with Gasteiger partial charge < -0.3 is 4.90 Å². The molecule has 0 saturated heterocycles. The maximum atomic E-state index is 13.7. The van der Waals surface area contributed by atoms with Crippen LogP contribution in [0.2, 0.25) is 5.02 Å². The highest BCUT2D eigenvalue weighted by Crippen LogP contribution is 2.32. The first kappa shape index (κ1) is 21.9. The quantitative estimate of drug-likeness (QED) is 0.533. The maximum absolute atomic E-state index is 13.7. The SMILES string of the molecule is CCN1Cc2ccc(N(Cc3ccc(Cl)cc3)S(=O)(=O)c3cccc(C#N)c3)cc2C1=O. The molecule has 3 aromatic carbocycles. The average Bonchev–Trinajstić information content (AvgIpc) is 3.13. The van der Waals surface area contributed by atoms with E-state index in [1.54, 1.807) is 53.4 Å². The zero-order valence-electron chi connectivity index (χ0n) is 17.3. The molecule has 4 rings (SSSR count). The lowest BCUT2D eigenvalue weighted by Gasteiger charge is -2.25. The first-order chi connectivity index (χ1) is 15.3. The molecule has 1 heterocycles. The lowest BCUT2D eigenvalue weighted by Crippen LogP contribution is -2.31. The highest BCUT2D eigenvalue weighted by molar-refractivity contribution is 7.92. The van der Waals surface area contributed by atoms with Crippen molar-refractivity contribution < 1.29 is 13.2 Å². The fourth-order valence-electron chi connectivity index (χ4n) is 3.68. The van der Waals surface area contributed by atoms with Crippen molar-refractivity contribution in [1.82, 2.24) is 4.90 Å². The summed E-state index contributed by atoms with van der Waals surface area (Å²) in [4.78, 5) is 14.4. The Morgan fingerprint density at radius 2 is 1.84 bits per heavy atom. The fourth-order valence-corrected chi connectivity index (χ4v) is 5.30. The van der Waals surface area contributed by atoms with E-state index in [0.29, 0.717) is 29.4 Å². The Morgan fingerprint density at radius 1 is 1.09 bits per heavy atom. The van der Waals surface area contributed by atoms with Crippen molar-refractivity contribution >= 4 is 33.2 Å². The lowest BCUT2D eigenvalue weighted by molar-refractivity contribution is 0.0787. The van der Waals surface area contributed by atoms with Crippen molar-refractivity contribution in [2.75, 3.05) is 10.8 Å². The van der Waals surface area contributed by atoms with Crippen LogP contribution in [0.4, 0.5) is 5.69 Å².